The van der Waals surface area contributed by atoms with E-state index in [2.05, 4.69) is 15.3 Å². The molecule has 3 aromatic rings. The van der Waals surface area contributed by atoms with Crippen molar-refractivity contribution in [3.63, 3.8) is 0 Å². The van der Waals surface area contributed by atoms with Crippen molar-refractivity contribution in [2.45, 2.75) is 49.8 Å². The lowest BCUT2D eigenvalue weighted by molar-refractivity contribution is -0.119. The fraction of sp³-hybridized carbons (Fsp3) is 0.385. The zero-order valence-electron chi connectivity index (χ0n) is 20.9. The number of imidazole rings is 1. The summed E-state index contributed by atoms with van der Waals surface area (Å²) in [5.74, 6) is -0.199. The number of nitrogens with zero attached hydrogens (tertiary/aromatic N) is 4. The number of carbonyl (C=O) groups excluding carboxylic acids is 2. The molecular formula is C26H31N5O5S. The molecule has 2 aromatic heterocycles. The number of carbonyl (C=O) groups is 2. The molecule has 4 rings (SSSR count). The average Bonchev–Trinajstić information content (AvgIpc) is 3.59. The van der Waals surface area contributed by atoms with E-state index in [0.717, 1.165) is 35.6 Å². The number of ether oxygens (including phenoxy) is 1. The van der Waals surface area contributed by atoms with E-state index in [-0.39, 0.29) is 28.9 Å². The predicted molar refractivity (Wildman–Crippen MR) is 137 cm³/mol. The Morgan fingerprint density at radius 1 is 1.11 bits per heavy atom. The maximum Gasteiger partial charge on any atom is 0.340 e. The summed E-state index contributed by atoms with van der Waals surface area (Å²) >= 11 is 0. The number of nitrogens with one attached hydrogen (secondary N) is 1. The summed E-state index contributed by atoms with van der Waals surface area (Å²) in [6.07, 6.45) is 8.99. The second-order valence-corrected chi connectivity index (χ2v) is 11.4. The van der Waals surface area contributed by atoms with Gasteiger partial charge < -0.3 is 14.6 Å². The molecule has 37 heavy (non-hydrogen) atoms. The van der Waals surface area contributed by atoms with Crippen molar-refractivity contribution in [3.8, 4) is 0 Å². The molecule has 1 atom stereocenters. The van der Waals surface area contributed by atoms with Gasteiger partial charge in [0.05, 0.1) is 11.9 Å². The molecule has 0 aliphatic heterocycles. The van der Waals surface area contributed by atoms with Crippen molar-refractivity contribution in [1.82, 2.24) is 18.8 Å². The quantitative estimate of drug-likeness (QED) is 0.401. The van der Waals surface area contributed by atoms with Crippen LogP contribution in [0.25, 0.3) is 0 Å². The van der Waals surface area contributed by atoms with Crippen LogP contribution in [0, 0.1) is 5.92 Å². The van der Waals surface area contributed by atoms with Gasteiger partial charge in [-0.25, -0.2) is 27.5 Å². The number of benzene rings is 1. The van der Waals surface area contributed by atoms with E-state index in [0.29, 0.717) is 12.3 Å². The lowest BCUT2D eigenvalue weighted by Gasteiger charge is -2.21. The number of esters is 1. The summed E-state index contributed by atoms with van der Waals surface area (Å²) in [5, 5.41) is 2.69. The van der Waals surface area contributed by atoms with Crippen LogP contribution < -0.4 is 5.32 Å². The van der Waals surface area contributed by atoms with E-state index < -0.39 is 22.0 Å². The lowest BCUT2D eigenvalue weighted by Crippen LogP contribution is -2.28. The van der Waals surface area contributed by atoms with Crippen LogP contribution in [-0.4, -0.2) is 53.2 Å². The largest absolute Gasteiger partial charge is 0.457 e. The van der Waals surface area contributed by atoms with Crippen molar-refractivity contribution in [2.24, 2.45) is 5.92 Å². The van der Waals surface area contributed by atoms with E-state index in [1.54, 1.807) is 16.7 Å². The van der Waals surface area contributed by atoms with Gasteiger partial charge in [0.1, 0.15) is 18.5 Å². The van der Waals surface area contributed by atoms with Crippen LogP contribution in [0.5, 0.6) is 0 Å². The van der Waals surface area contributed by atoms with Crippen molar-refractivity contribution in [3.05, 3.63) is 72.3 Å². The first-order chi connectivity index (χ1) is 17.7. The lowest BCUT2D eigenvalue weighted by atomic mass is 9.97. The highest BCUT2D eigenvalue weighted by atomic mass is 32.2. The highest BCUT2D eigenvalue weighted by molar-refractivity contribution is 7.89. The molecule has 1 amide bonds. The van der Waals surface area contributed by atoms with E-state index in [9.17, 15) is 18.0 Å². The molecule has 1 aromatic carbocycles. The van der Waals surface area contributed by atoms with Crippen LogP contribution in [0.1, 0.15) is 54.1 Å². The van der Waals surface area contributed by atoms with Crippen LogP contribution in [0.2, 0.25) is 0 Å². The molecule has 0 saturated heterocycles. The first-order valence-corrected chi connectivity index (χ1v) is 13.6. The first kappa shape index (κ1) is 26.5. The summed E-state index contributed by atoms with van der Waals surface area (Å²) in [4.78, 5) is 33.9. The first-order valence-electron chi connectivity index (χ1n) is 12.2. The number of hydrogen-bond acceptors (Lipinski definition) is 7. The van der Waals surface area contributed by atoms with Gasteiger partial charge in [0, 0.05) is 26.5 Å². The molecule has 1 N–H and O–H groups in total. The average molecular weight is 526 g/mol. The SMILES string of the molecule is CN(C)S(=O)(=O)c1cn(C(CC2CCCC2)C(=O)Nc2ccc(C(=O)OCc3ccccc3)cn2)cn1. The van der Waals surface area contributed by atoms with Gasteiger partial charge in [-0.1, -0.05) is 56.0 Å². The van der Waals surface area contributed by atoms with Gasteiger partial charge in [-0.15, -0.1) is 0 Å². The Balaban J connectivity index is 1.45. The molecule has 196 valence electrons. The molecule has 1 saturated carbocycles. The number of anilines is 1. The topological polar surface area (TPSA) is 123 Å². The molecule has 1 fully saturated rings. The monoisotopic (exact) mass is 525 g/mol. The smallest absolute Gasteiger partial charge is 0.340 e. The van der Waals surface area contributed by atoms with Gasteiger partial charge in [-0.05, 0) is 30.0 Å². The Morgan fingerprint density at radius 2 is 1.84 bits per heavy atom. The third kappa shape index (κ3) is 6.60. The van der Waals surface area contributed by atoms with Crippen molar-refractivity contribution in [1.29, 1.82) is 0 Å². The fourth-order valence-corrected chi connectivity index (χ4v) is 5.15. The molecule has 11 heteroatoms. The predicted octanol–water partition coefficient (Wildman–Crippen LogP) is 3.65. The van der Waals surface area contributed by atoms with E-state index in [1.807, 2.05) is 30.3 Å². The molecule has 1 unspecified atom stereocenters. The van der Waals surface area contributed by atoms with Gasteiger partial charge in [0.2, 0.25) is 5.91 Å². The summed E-state index contributed by atoms with van der Waals surface area (Å²) in [6.45, 7) is 0.150. The Bertz CT molecular complexity index is 1320. The summed E-state index contributed by atoms with van der Waals surface area (Å²) < 4.78 is 32.9. The Hall–Kier alpha value is -3.57. The Kier molecular flexibility index (Phi) is 8.34. The second-order valence-electron chi connectivity index (χ2n) is 9.33. The van der Waals surface area contributed by atoms with E-state index in [4.69, 9.17) is 4.74 Å². The number of sulfonamides is 1. The third-order valence-electron chi connectivity index (χ3n) is 6.48. The maximum atomic E-state index is 13.3. The normalized spacial score (nSPS) is 15.0. The van der Waals surface area contributed by atoms with E-state index >= 15 is 0 Å². The van der Waals surface area contributed by atoms with Gasteiger partial charge in [0.15, 0.2) is 5.03 Å². The number of amides is 1. The fourth-order valence-electron chi connectivity index (χ4n) is 4.34. The molecule has 2 heterocycles. The number of pyridine rings is 1. The van der Waals surface area contributed by atoms with Crippen LogP contribution in [0.3, 0.4) is 0 Å². The Morgan fingerprint density at radius 3 is 2.49 bits per heavy atom. The minimum absolute atomic E-state index is 0.113. The van der Waals surface area contributed by atoms with Crippen molar-refractivity contribution >= 4 is 27.7 Å². The molecule has 0 radical (unpaired) electrons. The van der Waals surface area contributed by atoms with Crippen LogP contribution >= 0.6 is 0 Å². The Labute approximate surface area is 216 Å². The van der Waals surface area contributed by atoms with Crippen LogP contribution in [0.4, 0.5) is 5.82 Å². The van der Waals surface area contributed by atoms with Gasteiger partial charge >= 0.3 is 5.97 Å². The number of hydrogen-bond donors (Lipinski definition) is 1. The molecule has 1 aliphatic rings. The van der Waals surface area contributed by atoms with Crippen LogP contribution in [-0.2, 0) is 26.2 Å². The number of aromatic nitrogens is 3. The van der Waals surface area contributed by atoms with Crippen LogP contribution in [0.15, 0.2) is 66.2 Å². The minimum atomic E-state index is -3.72. The third-order valence-corrected chi connectivity index (χ3v) is 8.18. The molecule has 10 nitrogen and oxygen atoms in total. The maximum absolute atomic E-state index is 13.3. The zero-order chi connectivity index (χ0) is 26.4. The second kappa shape index (κ2) is 11.7. The minimum Gasteiger partial charge on any atom is -0.457 e. The summed E-state index contributed by atoms with van der Waals surface area (Å²) in [5.41, 5.74) is 1.15. The van der Waals surface area contributed by atoms with Crippen molar-refractivity contribution < 1.29 is 22.7 Å². The molecular weight excluding hydrogens is 494 g/mol. The standard InChI is InChI=1S/C26H31N5O5S/c1-30(2)37(34,35)24-16-31(18-28-24)22(14-19-8-6-7-9-19)25(32)29-23-13-12-21(15-27-23)26(33)36-17-20-10-4-3-5-11-20/h3-5,10-13,15-16,18-19,22H,6-9,14,17H2,1-2H3,(H,27,29,32). The summed E-state index contributed by atoms with van der Waals surface area (Å²) in [7, 11) is -0.855. The molecule has 0 spiro atoms. The van der Waals surface area contributed by atoms with Gasteiger partial charge in [-0.3, -0.25) is 4.79 Å². The highest BCUT2D eigenvalue weighted by Gasteiger charge is 2.29. The zero-order valence-corrected chi connectivity index (χ0v) is 21.7. The van der Waals surface area contributed by atoms with Gasteiger partial charge in [-0.2, -0.15) is 0 Å². The summed E-state index contributed by atoms with van der Waals surface area (Å²) in [6, 6.07) is 11.8. The number of rotatable bonds is 10. The highest BCUT2D eigenvalue weighted by Crippen LogP contribution is 2.33. The molecule has 1 aliphatic carbocycles. The van der Waals surface area contributed by atoms with Gasteiger partial charge in [0.25, 0.3) is 10.0 Å². The molecule has 0 bridgehead atoms. The van der Waals surface area contributed by atoms with E-state index in [1.165, 1.54) is 32.8 Å². The van der Waals surface area contributed by atoms with Crippen molar-refractivity contribution in [2.75, 3.05) is 19.4 Å².